The van der Waals surface area contributed by atoms with Crippen molar-refractivity contribution < 1.29 is 18.3 Å². The van der Waals surface area contributed by atoms with Gasteiger partial charge >= 0.3 is 0 Å². The second-order valence-corrected chi connectivity index (χ2v) is 7.39. The molecular formula is C22H20FN3O3S. The van der Waals surface area contributed by atoms with Gasteiger partial charge in [-0.15, -0.1) is 10.2 Å². The Bertz CT molecular complexity index is 1100. The number of hydrogen-bond acceptors (Lipinski definition) is 6. The van der Waals surface area contributed by atoms with Crippen LogP contribution >= 0.6 is 11.8 Å². The van der Waals surface area contributed by atoms with E-state index in [2.05, 4.69) is 10.2 Å². The first-order valence-corrected chi connectivity index (χ1v) is 10.3. The number of halogens is 1. The molecule has 0 bridgehead atoms. The fourth-order valence-electron chi connectivity index (χ4n) is 2.92. The number of nitrogens with zero attached hydrogens (tertiary/aromatic N) is 3. The molecule has 0 saturated heterocycles. The number of rotatable bonds is 9. The van der Waals surface area contributed by atoms with E-state index in [4.69, 9.17) is 13.9 Å². The van der Waals surface area contributed by atoms with Gasteiger partial charge < -0.3 is 13.9 Å². The summed E-state index contributed by atoms with van der Waals surface area (Å²) >= 11 is 1.49. The van der Waals surface area contributed by atoms with Gasteiger partial charge in [0.05, 0.1) is 26.5 Å². The maximum Gasteiger partial charge on any atom is 0.192 e. The zero-order valence-electron chi connectivity index (χ0n) is 16.3. The van der Waals surface area contributed by atoms with Gasteiger partial charge in [0.15, 0.2) is 22.5 Å². The number of thioether (sulfide) groups is 1. The average molecular weight is 425 g/mol. The van der Waals surface area contributed by atoms with E-state index < -0.39 is 0 Å². The summed E-state index contributed by atoms with van der Waals surface area (Å²) in [5, 5.41) is 9.47. The summed E-state index contributed by atoms with van der Waals surface area (Å²) < 4.78 is 32.1. The Morgan fingerprint density at radius 1 is 1.07 bits per heavy atom. The normalized spacial score (nSPS) is 10.9. The van der Waals surface area contributed by atoms with Crippen LogP contribution < -0.4 is 9.47 Å². The molecule has 4 aromatic rings. The number of aromatic nitrogens is 3. The highest BCUT2D eigenvalue weighted by molar-refractivity contribution is 7.99. The molecule has 2 aromatic heterocycles. The summed E-state index contributed by atoms with van der Waals surface area (Å²) in [6, 6.07) is 17.8. The molecule has 6 nitrogen and oxygen atoms in total. The highest BCUT2D eigenvalue weighted by atomic mass is 32.2. The van der Waals surface area contributed by atoms with Crippen molar-refractivity contribution in [2.45, 2.75) is 11.7 Å². The molecule has 30 heavy (non-hydrogen) atoms. The first kappa shape index (κ1) is 20.0. The largest absolute Gasteiger partial charge is 0.497 e. The van der Waals surface area contributed by atoms with Crippen molar-refractivity contribution in [1.29, 1.82) is 0 Å². The predicted molar refractivity (Wildman–Crippen MR) is 112 cm³/mol. The molecule has 0 spiro atoms. The lowest BCUT2D eigenvalue weighted by Gasteiger charge is -2.10. The molecule has 0 N–H and O–H groups in total. The molecule has 0 aliphatic heterocycles. The molecule has 0 aliphatic rings. The van der Waals surface area contributed by atoms with E-state index in [0.717, 1.165) is 22.2 Å². The Labute approximate surface area is 177 Å². The minimum atomic E-state index is -0.371. The van der Waals surface area contributed by atoms with E-state index in [1.54, 1.807) is 31.6 Å². The maximum atomic E-state index is 13.7. The van der Waals surface area contributed by atoms with Crippen LogP contribution in [0.3, 0.4) is 0 Å². The van der Waals surface area contributed by atoms with Gasteiger partial charge in [-0.3, -0.25) is 4.57 Å². The first-order valence-electron chi connectivity index (χ1n) is 9.35. The van der Waals surface area contributed by atoms with Crippen LogP contribution in [0.15, 0.2) is 76.5 Å². The Balaban J connectivity index is 1.52. The molecule has 4 rings (SSSR count). The quantitative estimate of drug-likeness (QED) is 0.281. The Kier molecular flexibility index (Phi) is 6.34. The molecule has 0 unspecified atom stereocenters. The third-order valence-electron chi connectivity index (χ3n) is 4.35. The fraction of sp³-hybridized carbons (Fsp3) is 0.182. The molecule has 0 saturated carbocycles. The second kappa shape index (κ2) is 9.49. The van der Waals surface area contributed by atoms with E-state index in [0.29, 0.717) is 24.7 Å². The van der Waals surface area contributed by atoms with Crippen molar-refractivity contribution in [1.82, 2.24) is 14.8 Å². The Morgan fingerprint density at radius 2 is 1.97 bits per heavy atom. The molecule has 0 aliphatic carbocycles. The standard InChI is InChI=1S/C22H20FN3O3S/c1-27-17-7-4-6-16(14-17)21-24-25-22(26(21)15-18-8-5-11-28-18)30-13-12-29-20-10-3-2-9-19(20)23/h2-11,14H,12-13,15H2,1H3. The van der Waals surface area contributed by atoms with Gasteiger partial charge in [-0.2, -0.15) is 0 Å². The zero-order valence-corrected chi connectivity index (χ0v) is 17.1. The van der Waals surface area contributed by atoms with Crippen LogP contribution in [0.4, 0.5) is 4.39 Å². The number of para-hydroxylation sites is 1. The Morgan fingerprint density at radius 3 is 2.77 bits per heavy atom. The van der Waals surface area contributed by atoms with Crippen LogP contribution in [-0.4, -0.2) is 34.2 Å². The molecular weight excluding hydrogens is 405 g/mol. The minimum Gasteiger partial charge on any atom is -0.497 e. The summed E-state index contributed by atoms with van der Waals surface area (Å²) in [4.78, 5) is 0. The molecule has 8 heteroatoms. The highest BCUT2D eigenvalue weighted by Gasteiger charge is 2.16. The molecule has 0 atom stereocenters. The van der Waals surface area contributed by atoms with Crippen LogP contribution in [-0.2, 0) is 6.54 Å². The summed E-state index contributed by atoms with van der Waals surface area (Å²) in [6.07, 6.45) is 1.64. The highest BCUT2D eigenvalue weighted by Crippen LogP contribution is 2.27. The van der Waals surface area contributed by atoms with Gasteiger partial charge in [0, 0.05) is 11.3 Å². The van der Waals surface area contributed by atoms with E-state index in [9.17, 15) is 4.39 Å². The lowest BCUT2D eigenvalue weighted by molar-refractivity contribution is 0.325. The first-order chi connectivity index (χ1) is 14.7. The van der Waals surface area contributed by atoms with E-state index in [1.165, 1.54) is 17.8 Å². The van der Waals surface area contributed by atoms with Crippen molar-refractivity contribution in [3.05, 3.63) is 78.5 Å². The van der Waals surface area contributed by atoms with E-state index in [1.807, 2.05) is 41.0 Å². The molecule has 2 heterocycles. The summed E-state index contributed by atoms with van der Waals surface area (Å²) in [6.45, 7) is 0.830. The molecule has 0 radical (unpaired) electrons. The number of hydrogen-bond donors (Lipinski definition) is 0. The fourth-order valence-corrected chi connectivity index (χ4v) is 3.67. The van der Waals surface area contributed by atoms with E-state index >= 15 is 0 Å². The van der Waals surface area contributed by atoms with E-state index in [-0.39, 0.29) is 11.6 Å². The van der Waals surface area contributed by atoms with Gasteiger partial charge in [-0.25, -0.2) is 4.39 Å². The lowest BCUT2D eigenvalue weighted by atomic mass is 10.2. The Hall–Kier alpha value is -3.26. The monoisotopic (exact) mass is 425 g/mol. The maximum absolute atomic E-state index is 13.7. The number of benzene rings is 2. The summed E-state index contributed by atoms with van der Waals surface area (Å²) in [5.41, 5.74) is 0.892. The van der Waals surface area contributed by atoms with Crippen LogP contribution in [0.2, 0.25) is 0 Å². The second-order valence-electron chi connectivity index (χ2n) is 6.33. The predicted octanol–water partition coefficient (Wildman–Crippen LogP) is 4.91. The summed E-state index contributed by atoms with van der Waals surface area (Å²) in [5.74, 6) is 2.71. The van der Waals surface area contributed by atoms with Crippen molar-refractivity contribution in [2.75, 3.05) is 19.5 Å². The van der Waals surface area contributed by atoms with Crippen molar-refractivity contribution in [3.63, 3.8) is 0 Å². The zero-order chi connectivity index (χ0) is 20.8. The van der Waals surface area contributed by atoms with Crippen LogP contribution in [0.25, 0.3) is 11.4 Å². The molecule has 0 fully saturated rings. The molecule has 2 aromatic carbocycles. The number of furan rings is 1. The van der Waals surface area contributed by atoms with Gasteiger partial charge in [0.2, 0.25) is 0 Å². The van der Waals surface area contributed by atoms with Crippen molar-refractivity contribution in [3.8, 4) is 22.9 Å². The van der Waals surface area contributed by atoms with Gasteiger partial charge in [-0.1, -0.05) is 36.0 Å². The smallest absolute Gasteiger partial charge is 0.192 e. The third kappa shape index (κ3) is 4.65. The SMILES string of the molecule is COc1cccc(-c2nnc(SCCOc3ccccc3F)n2Cc2ccco2)c1. The molecule has 154 valence electrons. The average Bonchev–Trinajstić information content (AvgIpc) is 3.43. The minimum absolute atomic E-state index is 0.243. The summed E-state index contributed by atoms with van der Waals surface area (Å²) in [7, 11) is 1.63. The van der Waals surface area contributed by atoms with Crippen LogP contribution in [0.1, 0.15) is 5.76 Å². The van der Waals surface area contributed by atoms with Crippen molar-refractivity contribution in [2.24, 2.45) is 0 Å². The van der Waals surface area contributed by atoms with Gasteiger partial charge in [0.1, 0.15) is 11.5 Å². The van der Waals surface area contributed by atoms with Crippen LogP contribution in [0, 0.1) is 5.82 Å². The van der Waals surface area contributed by atoms with Gasteiger partial charge in [0.25, 0.3) is 0 Å². The number of methoxy groups -OCH3 is 1. The third-order valence-corrected chi connectivity index (χ3v) is 5.28. The lowest BCUT2D eigenvalue weighted by Crippen LogP contribution is -2.06. The van der Waals surface area contributed by atoms with Crippen molar-refractivity contribution >= 4 is 11.8 Å². The number of ether oxygens (including phenoxy) is 2. The molecule has 0 amide bonds. The van der Waals surface area contributed by atoms with Crippen LogP contribution in [0.5, 0.6) is 11.5 Å². The topological polar surface area (TPSA) is 62.3 Å². The van der Waals surface area contributed by atoms with Gasteiger partial charge in [-0.05, 0) is 36.4 Å².